The molecule has 0 amide bonds. The Kier molecular flexibility index (Phi) is 3.35. The molecule has 0 aliphatic rings. The molecule has 0 radical (unpaired) electrons. The van der Waals surface area contributed by atoms with E-state index in [9.17, 15) is 4.79 Å². The Bertz CT molecular complexity index is 789. The lowest BCUT2D eigenvalue weighted by molar-refractivity contribution is 0.0696. The van der Waals surface area contributed by atoms with E-state index in [1.807, 2.05) is 30.3 Å². The highest BCUT2D eigenvalue weighted by Gasteiger charge is 2.06. The minimum Gasteiger partial charge on any atom is -0.478 e. The fraction of sp³-hybridized carbons (Fsp3) is 0. The number of carbonyl (C=O) groups is 1. The van der Waals surface area contributed by atoms with Crippen LogP contribution < -0.4 is 0 Å². The molecule has 4 nitrogen and oxygen atoms in total. The van der Waals surface area contributed by atoms with Crippen LogP contribution in [0.3, 0.4) is 0 Å². The van der Waals surface area contributed by atoms with Gasteiger partial charge in [0.05, 0.1) is 11.1 Å². The second-order valence-electron chi connectivity index (χ2n) is 4.15. The maximum absolute atomic E-state index is 10.9. The highest BCUT2D eigenvalue weighted by molar-refractivity contribution is 7.99. The van der Waals surface area contributed by atoms with Crippen LogP contribution >= 0.6 is 11.8 Å². The second-order valence-corrected chi connectivity index (χ2v) is 5.19. The van der Waals surface area contributed by atoms with Gasteiger partial charge in [-0.05, 0) is 36.0 Å². The Balaban J connectivity index is 1.92. The Hall–Kier alpha value is -2.40. The second kappa shape index (κ2) is 5.30. The topological polar surface area (TPSA) is 63.1 Å². The summed E-state index contributed by atoms with van der Waals surface area (Å²) < 4.78 is 0. The summed E-state index contributed by atoms with van der Waals surface area (Å²) >= 11 is 1.35. The van der Waals surface area contributed by atoms with E-state index in [1.54, 1.807) is 24.4 Å². The third-order valence-electron chi connectivity index (χ3n) is 2.76. The number of nitrogens with zero attached hydrogens (tertiary/aromatic N) is 2. The van der Waals surface area contributed by atoms with E-state index < -0.39 is 5.97 Å². The Morgan fingerprint density at radius 3 is 2.80 bits per heavy atom. The zero-order chi connectivity index (χ0) is 13.9. The van der Waals surface area contributed by atoms with Gasteiger partial charge in [-0.2, -0.15) is 0 Å². The van der Waals surface area contributed by atoms with E-state index in [2.05, 4.69) is 9.97 Å². The van der Waals surface area contributed by atoms with Crippen LogP contribution in [0, 0.1) is 0 Å². The molecular formula is C15H10N2O2S. The lowest BCUT2D eigenvalue weighted by atomic mass is 10.2. The van der Waals surface area contributed by atoms with Crippen molar-refractivity contribution in [2.45, 2.75) is 10.1 Å². The molecule has 3 aromatic rings. The number of benzene rings is 2. The van der Waals surface area contributed by atoms with Gasteiger partial charge in [0.2, 0.25) is 0 Å². The number of hydrogen-bond acceptors (Lipinski definition) is 4. The first kappa shape index (κ1) is 12.6. The van der Waals surface area contributed by atoms with Crippen molar-refractivity contribution in [3.63, 3.8) is 0 Å². The zero-order valence-corrected chi connectivity index (χ0v) is 11.2. The van der Waals surface area contributed by atoms with Crippen LogP contribution in [0.25, 0.3) is 10.9 Å². The van der Waals surface area contributed by atoms with Gasteiger partial charge in [0.15, 0.2) is 5.16 Å². The van der Waals surface area contributed by atoms with Crippen molar-refractivity contribution in [1.82, 2.24) is 9.97 Å². The summed E-state index contributed by atoms with van der Waals surface area (Å²) in [5.41, 5.74) is 1.13. The Labute approximate surface area is 119 Å². The molecular weight excluding hydrogens is 272 g/mol. The highest BCUT2D eigenvalue weighted by atomic mass is 32.2. The van der Waals surface area contributed by atoms with E-state index in [4.69, 9.17) is 5.11 Å². The number of aromatic carboxylic acids is 1. The predicted octanol–water partition coefficient (Wildman–Crippen LogP) is 3.48. The molecule has 3 rings (SSSR count). The quantitative estimate of drug-likeness (QED) is 0.745. The first-order valence-electron chi connectivity index (χ1n) is 5.95. The first-order valence-corrected chi connectivity index (χ1v) is 6.77. The fourth-order valence-corrected chi connectivity index (χ4v) is 2.60. The van der Waals surface area contributed by atoms with Gasteiger partial charge in [-0.25, -0.2) is 14.8 Å². The van der Waals surface area contributed by atoms with Gasteiger partial charge in [-0.1, -0.05) is 24.3 Å². The monoisotopic (exact) mass is 282 g/mol. The van der Waals surface area contributed by atoms with Crippen molar-refractivity contribution in [1.29, 1.82) is 0 Å². The molecule has 20 heavy (non-hydrogen) atoms. The molecule has 0 fully saturated rings. The third kappa shape index (κ3) is 2.62. The number of fused-ring (bicyclic) bond motifs is 1. The normalized spacial score (nSPS) is 10.6. The summed E-state index contributed by atoms with van der Waals surface area (Å²) in [4.78, 5) is 20.5. The summed E-state index contributed by atoms with van der Waals surface area (Å²) in [5, 5.41) is 10.6. The molecule has 98 valence electrons. The fourth-order valence-electron chi connectivity index (χ4n) is 1.80. The van der Waals surface area contributed by atoms with Crippen molar-refractivity contribution in [2.24, 2.45) is 0 Å². The molecule has 1 N–H and O–H groups in total. The number of carboxylic acid groups (broad SMARTS) is 1. The largest absolute Gasteiger partial charge is 0.478 e. The molecule has 2 aromatic carbocycles. The van der Waals surface area contributed by atoms with Gasteiger partial charge < -0.3 is 5.11 Å². The highest BCUT2D eigenvalue weighted by Crippen LogP contribution is 2.26. The molecule has 0 aliphatic carbocycles. The number of rotatable bonds is 3. The van der Waals surface area contributed by atoms with Crippen LogP contribution in [0.1, 0.15) is 10.4 Å². The van der Waals surface area contributed by atoms with Crippen molar-refractivity contribution in [3.05, 3.63) is 60.3 Å². The Morgan fingerprint density at radius 2 is 1.95 bits per heavy atom. The van der Waals surface area contributed by atoms with E-state index in [0.29, 0.717) is 5.16 Å². The summed E-state index contributed by atoms with van der Waals surface area (Å²) in [6.45, 7) is 0. The lowest BCUT2D eigenvalue weighted by Gasteiger charge is -2.03. The first-order chi connectivity index (χ1) is 9.72. The number of carboxylic acids is 1. The molecule has 0 unspecified atom stereocenters. The van der Waals surface area contributed by atoms with Crippen molar-refractivity contribution in [3.8, 4) is 0 Å². The number of aromatic nitrogens is 2. The van der Waals surface area contributed by atoms with Crippen LogP contribution in [0.15, 0.2) is 64.8 Å². The average Bonchev–Trinajstić information content (AvgIpc) is 2.47. The maximum atomic E-state index is 10.9. The minimum absolute atomic E-state index is 0.260. The Morgan fingerprint density at radius 1 is 1.10 bits per heavy atom. The smallest absolute Gasteiger partial charge is 0.335 e. The summed E-state index contributed by atoms with van der Waals surface area (Å²) in [6.07, 6.45) is 1.77. The molecule has 1 aromatic heterocycles. The third-order valence-corrected chi connectivity index (χ3v) is 3.63. The minimum atomic E-state index is -0.938. The molecule has 0 atom stereocenters. The molecule has 0 spiro atoms. The number of hydrogen-bond donors (Lipinski definition) is 1. The van der Waals surface area contributed by atoms with Gasteiger partial charge in [-0.15, -0.1) is 0 Å². The van der Waals surface area contributed by atoms with Crippen LogP contribution in [-0.2, 0) is 0 Å². The summed E-state index contributed by atoms with van der Waals surface area (Å²) in [6, 6.07) is 14.5. The molecule has 5 heteroatoms. The standard InChI is InChI=1S/C15H10N2O2S/c18-14(19)10-5-3-6-12(8-10)20-15-16-9-11-4-1-2-7-13(11)17-15/h1-9H,(H,18,19). The summed E-state index contributed by atoms with van der Waals surface area (Å²) in [7, 11) is 0. The van der Waals surface area contributed by atoms with E-state index >= 15 is 0 Å². The van der Waals surface area contributed by atoms with Gasteiger partial charge in [0.1, 0.15) is 0 Å². The van der Waals surface area contributed by atoms with Crippen LogP contribution in [-0.4, -0.2) is 21.0 Å². The van der Waals surface area contributed by atoms with Gasteiger partial charge in [0.25, 0.3) is 0 Å². The van der Waals surface area contributed by atoms with E-state index in [-0.39, 0.29) is 5.56 Å². The average molecular weight is 282 g/mol. The molecule has 0 aliphatic heterocycles. The van der Waals surface area contributed by atoms with E-state index in [0.717, 1.165) is 15.8 Å². The van der Waals surface area contributed by atoms with Gasteiger partial charge in [0, 0.05) is 16.5 Å². The van der Waals surface area contributed by atoms with Crippen molar-refractivity contribution >= 4 is 28.6 Å². The SMILES string of the molecule is O=C(O)c1cccc(Sc2ncc3ccccc3n2)c1. The maximum Gasteiger partial charge on any atom is 0.335 e. The van der Waals surface area contributed by atoms with Gasteiger partial charge in [-0.3, -0.25) is 0 Å². The predicted molar refractivity (Wildman–Crippen MR) is 77.1 cm³/mol. The van der Waals surface area contributed by atoms with Crippen LogP contribution in [0.4, 0.5) is 0 Å². The van der Waals surface area contributed by atoms with E-state index in [1.165, 1.54) is 11.8 Å². The number of para-hydroxylation sites is 1. The van der Waals surface area contributed by atoms with Crippen LogP contribution in [0.2, 0.25) is 0 Å². The molecule has 0 bridgehead atoms. The zero-order valence-electron chi connectivity index (χ0n) is 10.4. The van der Waals surface area contributed by atoms with Crippen molar-refractivity contribution < 1.29 is 9.90 Å². The lowest BCUT2D eigenvalue weighted by Crippen LogP contribution is -1.95. The molecule has 0 saturated carbocycles. The van der Waals surface area contributed by atoms with Crippen LogP contribution in [0.5, 0.6) is 0 Å². The van der Waals surface area contributed by atoms with Crippen molar-refractivity contribution in [2.75, 3.05) is 0 Å². The van der Waals surface area contributed by atoms with Gasteiger partial charge >= 0.3 is 5.97 Å². The molecule has 1 heterocycles. The summed E-state index contributed by atoms with van der Waals surface area (Å²) in [5.74, 6) is -0.938. The molecule has 0 saturated heterocycles.